The minimum absolute atomic E-state index is 0.162. The van der Waals surface area contributed by atoms with Gasteiger partial charge in [-0.3, -0.25) is 4.90 Å². The quantitative estimate of drug-likeness (QED) is 0.777. The van der Waals surface area contributed by atoms with Crippen molar-refractivity contribution in [2.45, 2.75) is 38.5 Å². The largest absolute Gasteiger partial charge is 0.574 e. The summed E-state index contributed by atoms with van der Waals surface area (Å²) in [6.45, 7) is 0.988. The number of hydrogen-bond donors (Lipinski definition) is 0. The number of hydrogen-bond acceptors (Lipinski definition) is 4. The highest BCUT2D eigenvalue weighted by Gasteiger charge is 2.36. The maximum atomic E-state index is 12.5. The van der Waals surface area contributed by atoms with Crippen molar-refractivity contribution in [2.24, 2.45) is 0 Å². The number of aromatic nitrogens is 1. The minimum atomic E-state index is -5.06. The predicted molar refractivity (Wildman–Crippen MR) is 66.7 cm³/mol. The van der Waals surface area contributed by atoms with E-state index in [1.165, 1.54) is 0 Å². The molecule has 1 fully saturated rings. The third-order valence-corrected chi connectivity index (χ3v) is 3.24. The van der Waals surface area contributed by atoms with E-state index >= 15 is 0 Å². The van der Waals surface area contributed by atoms with Crippen LogP contribution < -0.4 is 9.47 Å². The first-order valence-corrected chi connectivity index (χ1v) is 6.86. The molecule has 2 rings (SSSR count). The van der Waals surface area contributed by atoms with E-state index in [0.29, 0.717) is 13.1 Å². The van der Waals surface area contributed by atoms with Crippen molar-refractivity contribution >= 4 is 0 Å². The Morgan fingerprint density at radius 3 is 2.13 bits per heavy atom. The van der Waals surface area contributed by atoms with Gasteiger partial charge in [-0.15, -0.1) is 26.3 Å². The maximum Gasteiger partial charge on any atom is 0.574 e. The molecule has 1 aromatic rings. The molecule has 0 atom stereocenters. The Hall–Kier alpha value is -1.71. The molecule has 10 heteroatoms. The summed E-state index contributed by atoms with van der Waals surface area (Å²) in [4.78, 5) is 5.15. The van der Waals surface area contributed by atoms with Gasteiger partial charge in [-0.25, -0.2) is 4.98 Å². The third kappa shape index (κ3) is 5.77. The average Bonchev–Trinajstić information content (AvgIpc) is 2.40. The van der Waals surface area contributed by atoms with Crippen LogP contribution in [-0.2, 0) is 6.54 Å². The molecule has 1 aliphatic rings. The molecule has 0 radical (unpaired) electrons. The number of ether oxygens (including phenoxy) is 2. The van der Waals surface area contributed by atoms with Crippen molar-refractivity contribution in [1.82, 2.24) is 9.88 Å². The fourth-order valence-corrected chi connectivity index (χ4v) is 2.36. The first-order chi connectivity index (χ1) is 10.6. The molecule has 23 heavy (non-hydrogen) atoms. The molecular weight excluding hydrogens is 330 g/mol. The fraction of sp³-hybridized carbons (Fsp3) is 0.615. The molecule has 0 aliphatic carbocycles. The van der Waals surface area contributed by atoms with E-state index in [1.54, 1.807) is 4.90 Å². The second-order valence-electron chi connectivity index (χ2n) is 5.03. The minimum Gasteiger partial charge on any atom is -0.405 e. The molecule has 1 aliphatic heterocycles. The van der Waals surface area contributed by atoms with Gasteiger partial charge in [0.15, 0.2) is 0 Å². The maximum absolute atomic E-state index is 12.5. The zero-order valence-corrected chi connectivity index (χ0v) is 11.9. The summed E-state index contributed by atoms with van der Waals surface area (Å²) in [5.41, 5.74) is -0.371. The van der Waals surface area contributed by atoms with E-state index in [1.807, 2.05) is 0 Å². The topological polar surface area (TPSA) is 34.6 Å². The molecule has 0 unspecified atom stereocenters. The van der Waals surface area contributed by atoms with Gasteiger partial charge >= 0.3 is 12.7 Å². The van der Waals surface area contributed by atoms with Crippen LogP contribution in [0.1, 0.15) is 24.8 Å². The van der Waals surface area contributed by atoms with Gasteiger partial charge in [0.25, 0.3) is 0 Å². The Kier molecular flexibility index (Phi) is 5.23. The third-order valence-electron chi connectivity index (χ3n) is 3.24. The van der Waals surface area contributed by atoms with Crippen LogP contribution in [0, 0.1) is 0 Å². The second-order valence-corrected chi connectivity index (χ2v) is 5.03. The van der Waals surface area contributed by atoms with E-state index in [4.69, 9.17) is 0 Å². The van der Waals surface area contributed by atoms with Crippen LogP contribution in [0.4, 0.5) is 26.3 Å². The highest BCUT2D eigenvalue weighted by Crippen LogP contribution is 2.35. The molecular formula is C13H14F6N2O2. The summed E-state index contributed by atoms with van der Waals surface area (Å²) in [6, 6.07) is 0.871. The van der Waals surface area contributed by atoms with Crippen molar-refractivity contribution < 1.29 is 35.8 Å². The normalized spacial score (nSPS) is 17.1. The second kappa shape index (κ2) is 6.81. The van der Waals surface area contributed by atoms with Gasteiger partial charge in [0, 0.05) is 12.7 Å². The van der Waals surface area contributed by atoms with E-state index in [0.717, 1.165) is 31.5 Å². The van der Waals surface area contributed by atoms with Crippen molar-refractivity contribution in [2.75, 3.05) is 13.1 Å². The molecule has 0 saturated carbocycles. The number of likely N-dealkylation sites (tertiary alicyclic amines) is 1. The lowest BCUT2D eigenvalue weighted by Gasteiger charge is -2.27. The molecule has 1 aromatic heterocycles. The molecule has 0 aromatic carbocycles. The highest BCUT2D eigenvalue weighted by atomic mass is 19.4. The van der Waals surface area contributed by atoms with Crippen molar-refractivity contribution in [3.63, 3.8) is 0 Å². The first kappa shape index (κ1) is 17.6. The van der Waals surface area contributed by atoms with Gasteiger partial charge in [-0.1, -0.05) is 6.42 Å². The van der Waals surface area contributed by atoms with Crippen LogP contribution in [0.3, 0.4) is 0 Å². The summed E-state index contributed by atoms with van der Waals surface area (Å²) in [6.07, 6.45) is -6.67. The van der Waals surface area contributed by atoms with E-state index in [2.05, 4.69) is 14.5 Å². The van der Waals surface area contributed by atoms with Gasteiger partial charge in [-0.2, -0.15) is 0 Å². The highest BCUT2D eigenvalue weighted by molar-refractivity contribution is 5.40. The first-order valence-electron chi connectivity index (χ1n) is 6.86. The lowest BCUT2D eigenvalue weighted by Crippen LogP contribution is -2.30. The molecule has 0 amide bonds. The molecule has 0 spiro atoms. The molecule has 1 saturated heterocycles. The monoisotopic (exact) mass is 344 g/mol. The number of pyridine rings is 1. The number of piperidine rings is 1. The predicted octanol–water partition coefficient (Wildman–Crippen LogP) is 3.86. The summed E-state index contributed by atoms with van der Waals surface area (Å²) in [7, 11) is 0. The van der Waals surface area contributed by atoms with E-state index < -0.39 is 24.4 Å². The Balaban J connectivity index is 2.31. The summed E-state index contributed by atoms with van der Waals surface area (Å²) in [5.74, 6) is -1.66. The number of nitrogens with zero attached hydrogens (tertiary/aromatic N) is 2. The zero-order chi connectivity index (χ0) is 17.1. The van der Waals surface area contributed by atoms with E-state index in [9.17, 15) is 26.3 Å². The lowest BCUT2D eigenvalue weighted by atomic mass is 10.1. The van der Waals surface area contributed by atoms with Crippen LogP contribution in [0.2, 0.25) is 0 Å². The van der Waals surface area contributed by atoms with Gasteiger partial charge in [0.2, 0.25) is 5.88 Å². The SMILES string of the molecule is FC(F)(F)Oc1ccnc(OC(F)(F)F)c1CN1CCCCC1. The van der Waals surface area contributed by atoms with Crippen molar-refractivity contribution in [3.05, 3.63) is 17.8 Å². The Labute approximate surface area is 128 Å². The van der Waals surface area contributed by atoms with Crippen LogP contribution in [0.25, 0.3) is 0 Å². The van der Waals surface area contributed by atoms with Crippen LogP contribution >= 0.6 is 0 Å². The Bertz CT molecular complexity index is 492. The standard InChI is InChI=1S/C13H14F6N2O2/c14-12(15,16)22-10-4-5-20-11(23-13(17,18)19)9(10)8-21-6-2-1-3-7-21/h4-5H,1-3,6-8H2. The number of halogens is 6. The molecule has 0 N–H and O–H groups in total. The molecule has 130 valence electrons. The lowest BCUT2D eigenvalue weighted by molar-refractivity contribution is -0.278. The van der Waals surface area contributed by atoms with Gasteiger partial charge in [0.05, 0.1) is 5.56 Å². The number of rotatable bonds is 4. The van der Waals surface area contributed by atoms with Crippen molar-refractivity contribution in [3.8, 4) is 11.6 Å². The number of alkyl halides is 6. The zero-order valence-electron chi connectivity index (χ0n) is 11.9. The summed E-state index contributed by atoms with van der Waals surface area (Å²) in [5, 5.41) is 0. The van der Waals surface area contributed by atoms with Gasteiger partial charge in [-0.05, 0) is 32.0 Å². The van der Waals surface area contributed by atoms with Gasteiger partial charge in [0.1, 0.15) is 5.75 Å². The fourth-order valence-electron chi connectivity index (χ4n) is 2.36. The van der Waals surface area contributed by atoms with Crippen LogP contribution in [0.5, 0.6) is 11.6 Å². The Morgan fingerprint density at radius 2 is 1.57 bits per heavy atom. The van der Waals surface area contributed by atoms with Gasteiger partial charge < -0.3 is 9.47 Å². The molecule has 0 bridgehead atoms. The van der Waals surface area contributed by atoms with Crippen molar-refractivity contribution in [1.29, 1.82) is 0 Å². The van der Waals surface area contributed by atoms with E-state index in [-0.39, 0.29) is 12.1 Å². The van der Waals surface area contributed by atoms with Crippen LogP contribution in [0.15, 0.2) is 12.3 Å². The summed E-state index contributed by atoms with van der Waals surface area (Å²) < 4.78 is 82.2. The molecule has 2 heterocycles. The Morgan fingerprint density at radius 1 is 0.957 bits per heavy atom. The average molecular weight is 344 g/mol. The van der Waals surface area contributed by atoms with Crippen LogP contribution in [-0.4, -0.2) is 35.7 Å². The smallest absolute Gasteiger partial charge is 0.405 e. The summed E-state index contributed by atoms with van der Waals surface area (Å²) >= 11 is 0. The molecule has 4 nitrogen and oxygen atoms in total.